The second kappa shape index (κ2) is 7.52. The molecule has 146 valence electrons. The van der Waals surface area contributed by atoms with Gasteiger partial charge in [-0.25, -0.2) is 13.1 Å². The third-order valence-electron chi connectivity index (χ3n) is 6.17. The summed E-state index contributed by atoms with van der Waals surface area (Å²) in [5.74, 6) is 1.44. The Morgan fingerprint density at radius 3 is 2.46 bits per heavy atom. The summed E-state index contributed by atoms with van der Waals surface area (Å²) < 4.78 is 28.3. The van der Waals surface area contributed by atoms with Crippen LogP contribution in [0.2, 0.25) is 0 Å². The first kappa shape index (κ1) is 18.3. The number of sulfonamides is 1. The van der Waals surface area contributed by atoms with E-state index in [-0.39, 0.29) is 6.04 Å². The van der Waals surface area contributed by atoms with Gasteiger partial charge in [0.25, 0.3) is 0 Å². The molecule has 26 heavy (non-hydrogen) atoms. The number of nitrogens with zero attached hydrogens (tertiary/aromatic N) is 6. The minimum atomic E-state index is -3.12. The quantitative estimate of drug-likeness (QED) is 0.766. The first-order valence-electron chi connectivity index (χ1n) is 9.98. The van der Waals surface area contributed by atoms with Crippen LogP contribution in [0.5, 0.6) is 0 Å². The molecule has 0 unspecified atom stereocenters. The second-order valence-corrected chi connectivity index (χ2v) is 10.1. The van der Waals surface area contributed by atoms with Gasteiger partial charge in [-0.2, -0.15) is 4.31 Å². The summed E-state index contributed by atoms with van der Waals surface area (Å²) >= 11 is 0. The van der Waals surface area contributed by atoms with Crippen molar-refractivity contribution < 1.29 is 8.42 Å². The number of tetrazole rings is 1. The van der Waals surface area contributed by atoms with Crippen LogP contribution in [0.4, 0.5) is 0 Å². The molecule has 9 heteroatoms. The highest BCUT2D eigenvalue weighted by Gasteiger charge is 2.36. The molecule has 1 aliphatic carbocycles. The largest absolute Gasteiger partial charge is 0.296 e. The van der Waals surface area contributed by atoms with E-state index in [4.69, 9.17) is 0 Å². The van der Waals surface area contributed by atoms with Gasteiger partial charge in [0.2, 0.25) is 10.0 Å². The maximum Gasteiger partial charge on any atom is 0.211 e. The van der Waals surface area contributed by atoms with E-state index < -0.39 is 10.0 Å². The maximum atomic E-state index is 12.3. The molecule has 1 aromatic heterocycles. The highest BCUT2D eigenvalue weighted by Crippen LogP contribution is 2.35. The zero-order chi connectivity index (χ0) is 18.1. The predicted octanol–water partition coefficient (Wildman–Crippen LogP) is 1.42. The van der Waals surface area contributed by atoms with E-state index in [9.17, 15) is 8.42 Å². The number of piperidine rings is 1. The molecule has 1 aromatic rings. The maximum absolute atomic E-state index is 12.3. The molecule has 0 amide bonds. The van der Waals surface area contributed by atoms with Crippen molar-refractivity contribution in [3.05, 3.63) is 5.82 Å². The van der Waals surface area contributed by atoms with E-state index in [0.29, 0.717) is 18.5 Å². The summed E-state index contributed by atoms with van der Waals surface area (Å²) in [7, 11) is -3.12. The Balaban J connectivity index is 1.37. The fourth-order valence-electron chi connectivity index (χ4n) is 4.61. The number of hydrogen-bond donors (Lipinski definition) is 0. The van der Waals surface area contributed by atoms with Gasteiger partial charge in [-0.1, -0.05) is 12.8 Å². The first-order valence-corrected chi connectivity index (χ1v) is 11.8. The Bertz CT molecular complexity index is 709. The van der Waals surface area contributed by atoms with Gasteiger partial charge in [0.05, 0.1) is 18.8 Å². The molecule has 2 saturated heterocycles. The lowest BCUT2D eigenvalue weighted by molar-refractivity contribution is 0.121. The molecule has 3 heterocycles. The summed E-state index contributed by atoms with van der Waals surface area (Å²) in [4.78, 5) is 2.42. The first-order chi connectivity index (χ1) is 12.5. The lowest BCUT2D eigenvalue weighted by Gasteiger charge is -2.39. The van der Waals surface area contributed by atoms with Crippen LogP contribution in [0, 0.1) is 5.92 Å². The van der Waals surface area contributed by atoms with E-state index >= 15 is 0 Å². The van der Waals surface area contributed by atoms with Crippen LogP contribution in [-0.2, 0) is 16.6 Å². The molecule has 0 radical (unpaired) electrons. The van der Waals surface area contributed by atoms with E-state index in [1.807, 2.05) is 4.68 Å². The van der Waals surface area contributed by atoms with Crippen LogP contribution in [0.25, 0.3) is 0 Å². The summed E-state index contributed by atoms with van der Waals surface area (Å²) in [6.45, 7) is 3.49. The van der Waals surface area contributed by atoms with Crippen molar-refractivity contribution in [1.82, 2.24) is 29.4 Å². The number of rotatable bonds is 5. The van der Waals surface area contributed by atoms with Crippen LogP contribution in [0.3, 0.4) is 0 Å². The summed E-state index contributed by atoms with van der Waals surface area (Å²) in [5, 5.41) is 12.2. The SMILES string of the molecule is CS(=O)(=O)N1CCCCC[C@@H]1C1CCN(Cc2nnnn2C2CC2)CC1. The van der Waals surface area contributed by atoms with Gasteiger partial charge in [-0.05, 0) is 68.0 Å². The number of aromatic nitrogens is 4. The molecule has 3 aliphatic rings. The zero-order valence-corrected chi connectivity index (χ0v) is 16.4. The smallest absolute Gasteiger partial charge is 0.211 e. The standard InChI is InChI=1S/C17H30N6O2S/c1-26(24,25)22-10-4-2-3-5-16(22)14-8-11-21(12-9-14)13-17-18-19-20-23(17)15-6-7-15/h14-16H,2-13H2,1H3/t16-/m1/s1. The van der Waals surface area contributed by atoms with E-state index in [0.717, 1.165) is 64.0 Å². The summed E-state index contributed by atoms with van der Waals surface area (Å²) in [6, 6.07) is 0.693. The molecule has 0 N–H and O–H groups in total. The van der Waals surface area contributed by atoms with Crippen molar-refractivity contribution in [3.63, 3.8) is 0 Å². The topological polar surface area (TPSA) is 84.2 Å². The Hall–Kier alpha value is -1.06. The average molecular weight is 383 g/mol. The van der Waals surface area contributed by atoms with Gasteiger partial charge >= 0.3 is 0 Å². The number of likely N-dealkylation sites (tertiary alicyclic amines) is 1. The summed E-state index contributed by atoms with van der Waals surface area (Å²) in [6.07, 6.45) is 10.1. The molecular weight excluding hydrogens is 352 g/mol. The fourth-order valence-corrected chi connectivity index (χ4v) is 5.84. The molecule has 1 saturated carbocycles. The summed E-state index contributed by atoms with van der Waals surface area (Å²) in [5.41, 5.74) is 0. The van der Waals surface area contributed by atoms with Crippen molar-refractivity contribution in [1.29, 1.82) is 0 Å². The Kier molecular flexibility index (Phi) is 5.29. The number of hydrogen-bond acceptors (Lipinski definition) is 6. The minimum Gasteiger partial charge on any atom is -0.296 e. The van der Waals surface area contributed by atoms with Gasteiger partial charge in [0.15, 0.2) is 5.82 Å². The van der Waals surface area contributed by atoms with Gasteiger partial charge < -0.3 is 0 Å². The molecule has 0 spiro atoms. The van der Waals surface area contributed by atoms with Crippen molar-refractivity contribution >= 4 is 10.0 Å². The predicted molar refractivity (Wildman–Crippen MR) is 97.9 cm³/mol. The minimum absolute atomic E-state index is 0.187. The highest BCUT2D eigenvalue weighted by atomic mass is 32.2. The fraction of sp³-hybridized carbons (Fsp3) is 0.941. The lowest BCUT2D eigenvalue weighted by Crippen LogP contribution is -2.47. The molecular formula is C17H30N6O2S. The molecule has 8 nitrogen and oxygen atoms in total. The highest BCUT2D eigenvalue weighted by molar-refractivity contribution is 7.88. The van der Waals surface area contributed by atoms with Crippen molar-refractivity contribution in [2.75, 3.05) is 25.9 Å². The van der Waals surface area contributed by atoms with Gasteiger partial charge in [-0.15, -0.1) is 5.10 Å². The second-order valence-electron chi connectivity index (χ2n) is 8.17. The molecule has 2 aliphatic heterocycles. The monoisotopic (exact) mass is 382 g/mol. The third kappa shape index (κ3) is 4.09. The Morgan fingerprint density at radius 1 is 1.00 bits per heavy atom. The van der Waals surface area contributed by atoms with Crippen molar-refractivity contribution in [3.8, 4) is 0 Å². The lowest BCUT2D eigenvalue weighted by atomic mass is 9.87. The molecule has 3 fully saturated rings. The Labute approximate surface area is 156 Å². The third-order valence-corrected chi connectivity index (χ3v) is 7.47. The zero-order valence-electron chi connectivity index (χ0n) is 15.6. The molecule has 4 rings (SSSR count). The van der Waals surface area contributed by atoms with Crippen molar-refractivity contribution in [2.45, 2.75) is 70.0 Å². The van der Waals surface area contributed by atoms with Crippen LogP contribution in [0.15, 0.2) is 0 Å². The molecule has 0 bridgehead atoms. The van der Waals surface area contributed by atoms with E-state index in [2.05, 4.69) is 20.4 Å². The molecule has 0 aromatic carbocycles. The Morgan fingerprint density at radius 2 is 1.77 bits per heavy atom. The normalized spacial score (nSPS) is 27.5. The van der Waals surface area contributed by atoms with Gasteiger partial charge in [0.1, 0.15) is 0 Å². The van der Waals surface area contributed by atoms with Crippen LogP contribution in [0.1, 0.15) is 63.2 Å². The van der Waals surface area contributed by atoms with Crippen molar-refractivity contribution in [2.24, 2.45) is 5.92 Å². The molecule has 1 atom stereocenters. The van der Waals surface area contributed by atoms with Gasteiger partial charge in [0, 0.05) is 12.6 Å². The van der Waals surface area contributed by atoms with Crippen LogP contribution in [-0.4, -0.2) is 69.8 Å². The van der Waals surface area contributed by atoms with Gasteiger partial charge in [-0.3, -0.25) is 4.90 Å². The van der Waals surface area contributed by atoms with Crippen LogP contribution >= 0.6 is 0 Å². The van der Waals surface area contributed by atoms with Crippen LogP contribution < -0.4 is 0 Å². The van der Waals surface area contributed by atoms with E-state index in [1.54, 1.807) is 4.31 Å². The average Bonchev–Trinajstić information content (AvgIpc) is 3.39. The van der Waals surface area contributed by atoms with E-state index in [1.165, 1.54) is 19.1 Å².